The minimum Gasteiger partial charge on any atom is -0.341 e. The molecule has 1 heterocycles. The van der Waals surface area contributed by atoms with E-state index in [1.807, 2.05) is 4.90 Å². The van der Waals surface area contributed by atoms with Crippen molar-refractivity contribution in [2.75, 3.05) is 13.1 Å². The van der Waals surface area contributed by atoms with Gasteiger partial charge in [0.25, 0.3) is 0 Å². The Kier molecular flexibility index (Phi) is 3.53. The van der Waals surface area contributed by atoms with Gasteiger partial charge in [-0.05, 0) is 34.1 Å². The number of rotatable bonds is 3. The van der Waals surface area contributed by atoms with Gasteiger partial charge in [-0.3, -0.25) is 4.79 Å². The van der Waals surface area contributed by atoms with Crippen molar-refractivity contribution in [3.63, 3.8) is 0 Å². The minimum absolute atomic E-state index is 0.127. The number of amides is 1. The summed E-state index contributed by atoms with van der Waals surface area (Å²) in [6.07, 6.45) is 1.77. The van der Waals surface area contributed by atoms with Gasteiger partial charge in [-0.1, -0.05) is 0 Å². The Morgan fingerprint density at radius 3 is 2.57 bits per heavy atom. The summed E-state index contributed by atoms with van der Waals surface area (Å²) in [5, 5.41) is 3.47. The van der Waals surface area contributed by atoms with Gasteiger partial charge in [0.15, 0.2) is 0 Å². The topological polar surface area (TPSA) is 32.3 Å². The lowest BCUT2D eigenvalue weighted by atomic mass is 10.1. The van der Waals surface area contributed by atoms with Crippen LogP contribution in [0.25, 0.3) is 0 Å². The van der Waals surface area contributed by atoms with Gasteiger partial charge in [0.2, 0.25) is 5.91 Å². The third-order valence-electron chi connectivity index (χ3n) is 2.35. The normalized spacial score (nSPS) is 20.3. The van der Waals surface area contributed by atoms with Crippen molar-refractivity contribution in [3.8, 4) is 0 Å². The number of likely N-dealkylation sites (tertiary alicyclic amines) is 1. The summed E-state index contributed by atoms with van der Waals surface area (Å²) in [6, 6.07) is 0.372. The lowest BCUT2D eigenvalue weighted by Gasteiger charge is -2.29. The molecule has 1 aliphatic rings. The molecule has 1 N–H and O–H groups in total. The highest BCUT2D eigenvalue weighted by atomic mass is 16.2. The Bertz CT molecular complexity index is 208. The first-order chi connectivity index (χ1) is 6.38. The number of hydrogen-bond acceptors (Lipinski definition) is 2. The van der Waals surface area contributed by atoms with E-state index in [4.69, 9.17) is 0 Å². The molecule has 14 heavy (non-hydrogen) atoms. The van der Waals surface area contributed by atoms with Crippen molar-refractivity contribution < 1.29 is 4.79 Å². The summed E-state index contributed by atoms with van der Waals surface area (Å²) >= 11 is 0. The van der Waals surface area contributed by atoms with Gasteiger partial charge in [-0.15, -0.1) is 0 Å². The van der Waals surface area contributed by atoms with E-state index in [2.05, 4.69) is 33.0 Å². The Morgan fingerprint density at radius 1 is 1.50 bits per heavy atom. The molecule has 1 aliphatic heterocycles. The van der Waals surface area contributed by atoms with E-state index in [9.17, 15) is 4.79 Å². The molecule has 0 bridgehead atoms. The first kappa shape index (κ1) is 11.5. The zero-order chi connectivity index (χ0) is 10.8. The average Bonchev–Trinajstić information content (AvgIpc) is 2.32. The van der Waals surface area contributed by atoms with Crippen LogP contribution in [0.3, 0.4) is 0 Å². The van der Waals surface area contributed by atoms with Gasteiger partial charge in [0.05, 0.1) is 0 Å². The number of nitrogens with one attached hydrogen (secondary N) is 1. The SMILES string of the molecule is CC(CN1CCCC1=O)NC(C)(C)C. The molecule has 1 saturated heterocycles. The van der Waals surface area contributed by atoms with Crippen molar-refractivity contribution in [2.45, 2.75) is 52.1 Å². The second-order valence-corrected chi connectivity index (χ2v) is 5.24. The van der Waals surface area contributed by atoms with Gasteiger partial charge in [0, 0.05) is 31.1 Å². The minimum atomic E-state index is 0.127. The summed E-state index contributed by atoms with van der Waals surface area (Å²) in [4.78, 5) is 13.3. The molecule has 1 amide bonds. The van der Waals surface area contributed by atoms with E-state index in [1.165, 1.54) is 0 Å². The summed E-state index contributed by atoms with van der Waals surface area (Å²) < 4.78 is 0. The molecular formula is C11H22N2O. The van der Waals surface area contributed by atoms with Crippen molar-refractivity contribution in [2.24, 2.45) is 0 Å². The molecule has 1 unspecified atom stereocenters. The second kappa shape index (κ2) is 4.30. The van der Waals surface area contributed by atoms with Crippen molar-refractivity contribution >= 4 is 5.91 Å². The summed E-state index contributed by atoms with van der Waals surface area (Å²) in [5.74, 6) is 0.313. The van der Waals surface area contributed by atoms with Crippen molar-refractivity contribution in [1.82, 2.24) is 10.2 Å². The Hall–Kier alpha value is -0.570. The lowest BCUT2D eigenvalue weighted by molar-refractivity contribution is -0.128. The predicted octanol–water partition coefficient (Wildman–Crippen LogP) is 1.39. The second-order valence-electron chi connectivity index (χ2n) is 5.24. The monoisotopic (exact) mass is 198 g/mol. The zero-order valence-corrected chi connectivity index (χ0v) is 9.76. The van der Waals surface area contributed by atoms with E-state index in [0.717, 1.165) is 25.9 Å². The Labute approximate surface area is 86.9 Å². The van der Waals surface area contributed by atoms with E-state index in [1.54, 1.807) is 0 Å². The van der Waals surface area contributed by atoms with Gasteiger partial charge in [0.1, 0.15) is 0 Å². The maximum atomic E-state index is 11.4. The van der Waals surface area contributed by atoms with E-state index in [-0.39, 0.29) is 5.54 Å². The van der Waals surface area contributed by atoms with Gasteiger partial charge in [-0.2, -0.15) is 0 Å². The lowest BCUT2D eigenvalue weighted by Crippen LogP contribution is -2.47. The maximum Gasteiger partial charge on any atom is 0.222 e. The first-order valence-electron chi connectivity index (χ1n) is 5.44. The highest BCUT2D eigenvalue weighted by Gasteiger charge is 2.23. The van der Waals surface area contributed by atoms with E-state index in [0.29, 0.717) is 11.9 Å². The third-order valence-corrected chi connectivity index (χ3v) is 2.35. The van der Waals surface area contributed by atoms with Crippen LogP contribution in [0.2, 0.25) is 0 Å². The van der Waals surface area contributed by atoms with Gasteiger partial charge in [-0.25, -0.2) is 0 Å². The number of carbonyl (C=O) groups excluding carboxylic acids is 1. The highest BCUT2D eigenvalue weighted by molar-refractivity contribution is 5.78. The van der Waals surface area contributed by atoms with Crippen LogP contribution in [0.4, 0.5) is 0 Å². The molecule has 0 aromatic rings. The van der Waals surface area contributed by atoms with E-state index >= 15 is 0 Å². The van der Waals surface area contributed by atoms with Crippen LogP contribution in [0, 0.1) is 0 Å². The number of carbonyl (C=O) groups is 1. The Balaban J connectivity index is 2.33. The quantitative estimate of drug-likeness (QED) is 0.743. The number of hydrogen-bond donors (Lipinski definition) is 1. The van der Waals surface area contributed by atoms with Crippen LogP contribution in [-0.4, -0.2) is 35.5 Å². The molecule has 0 saturated carbocycles. The molecule has 82 valence electrons. The van der Waals surface area contributed by atoms with Crippen LogP contribution in [0.1, 0.15) is 40.5 Å². The van der Waals surface area contributed by atoms with Crippen LogP contribution >= 0.6 is 0 Å². The fourth-order valence-electron chi connectivity index (χ4n) is 2.01. The molecule has 0 aromatic heterocycles. The van der Waals surface area contributed by atoms with Crippen molar-refractivity contribution in [1.29, 1.82) is 0 Å². The highest BCUT2D eigenvalue weighted by Crippen LogP contribution is 2.10. The first-order valence-corrected chi connectivity index (χ1v) is 5.44. The summed E-state index contributed by atoms with van der Waals surface area (Å²) in [6.45, 7) is 10.4. The summed E-state index contributed by atoms with van der Waals surface area (Å²) in [7, 11) is 0. The third kappa shape index (κ3) is 3.66. The van der Waals surface area contributed by atoms with Gasteiger partial charge >= 0.3 is 0 Å². The molecule has 1 atom stereocenters. The smallest absolute Gasteiger partial charge is 0.222 e. The fraction of sp³-hybridized carbons (Fsp3) is 0.909. The van der Waals surface area contributed by atoms with Gasteiger partial charge < -0.3 is 10.2 Å². The number of nitrogens with zero attached hydrogens (tertiary/aromatic N) is 1. The standard InChI is InChI=1S/C11H22N2O/c1-9(12-11(2,3)4)8-13-7-5-6-10(13)14/h9,12H,5-8H2,1-4H3. The largest absolute Gasteiger partial charge is 0.341 e. The molecule has 1 rings (SSSR count). The summed E-state index contributed by atoms with van der Waals surface area (Å²) in [5.41, 5.74) is 0.127. The van der Waals surface area contributed by atoms with Crippen molar-refractivity contribution in [3.05, 3.63) is 0 Å². The molecule has 3 heteroatoms. The predicted molar refractivity (Wildman–Crippen MR) is 58.2 cm³/mol. The molecule has 0 aliphatic carbocycles. The molecule has 0 spiro atoms. The fourth-order valence-corrected chi connectivity index (χ4v) is 2.01. The molecular weight excluding hydrogens is 176 g/mol. The van der Waals surface area contributed by atoms with Crippen LogP contribution in [0.15, 0.2) is 0 Å². The van der Waals surface area contributed by atoms with Crippen LogP contribution in [-0.2, 0) is 4.79 Å². The molecule has 3 nitrogen and oxygen atoms in total. The average molecular weight is 198 g/mol. The molecule has 0 aromatic carbocycles. The van der Waals surface area contributed by atoms with E-state index < -0.39 is 0 Å². The maximum absolute atomic E-state index is 11.4. The van der Waals surface area contributed by atoms with Crippen LogP contribution in [0.5, 0.6) is 0 Å². The Morgan fingerprint density at radius 2 is 2.14 bits per heavy atom. The zero-order valence-electron chi connectivity index (χ0n) is 9.76. The van der Waals surface area contributed by atoms with Crippen LogP contribution < -0.4 is 5.32 Å². The molecule has 1 fully saturated rings. The molecule has 0 radical (unpaired) electrons.